The highest BCUT2D eigenvalue weighted by Crippen LogP contribution is 2.22. The van der Waals surface area contributed by atoms with E-state index in [1.165, 1.54) is 5.56 Å². The summed E-state index contributed by atoms with van der Waals surface area (Å²) in [6.07, 6.45) is 5.04. The van der Waals surface area contributed by atoms with Gasteiger partial charge in [-0.05, 0) is 24.0 Å². The lowest BCUT2D eigenvalue weighted by molar-refractivity contribution is -0.135. The van der Waals surface area contributed by atoms with Gasteiger partial charge in [-0.1, -0.05) is 19.9 Å². The lowest BCUT2D eigenvalue weighted by atomic mass is 10.1. The first-order valence-electron chi connectivity index (χ1n) is 9.70. The third-order valence-corrected chi connectivity index (χ3v) is 5.18. The van der Waals surface area contributed by atoms with Crippen LogP contribution in [0.25, 0.3) is 0 Å². The molecule has 3 heterocycles. The van der Waals surface area contributed by atoms with Crippen molar-refractivity contribution in [3.05, 3.63) is 30.1 Å². The van der Waals surface area contributed by atoms with Crippen LogP contribution < -0.4 is 0 Å². The van der Waals surface area contributed by atoms with Gasteiger partial charge in [0, 0.05) is 64.6 Å². The highest BCUT2D eigenvalue weighted by atomic mass is 16.2. The van der Waals surface area contributed by atoms with Crippen LogP contribution in [0.5, 0.6) is 0 Å². The fraction of sp³-hybridized carbons (Fsp3) is 0.650. The molecule has 2 saturated heterocycles. The minimum absolute atomic E-state index is 0.130. The topological polar surface area (TPSA) is 56.8 Å². The maximum Gasteiger partial charge on any atom is 0.228 e. The van der Waals surface area contributed by atoms with E-state index in [1.807, 2.05) is 22.1 Å². The van der Waals surface area contributed by atoms with E-state index >= 15 is 0 Å². The van der Waals surface area contributed by atoms with Crippen LogP contribution in [0.15, 0.2) is 24.5 Å². The zero-order chi connectivity index (χ0) is 18.5. The van der Waals surface area contributed by atoms with E-state index in [1.54, 1.807) is 6.20 Å². The van der Waals surface area contributed by atoms with Crippen LogP contribution in [0.4, 0.5) is 0 Å². The molecule has 2 aliphatic rings. The first-order valence-corrected chi connectivity index (χ1v) is 9.70. The van der Waals surface area contributed by atoms with Crippen LogP contribution in [0.2, 0.25) is 0 Å². The molecule has 6 heteroatoms. The van der Waals surface area contributed by atoms with Gasteiger partial charge in [0.15, 0.2) is 0 Å². The maximum absolute atomic E-state index is 12.9. The summed E-state index contributed by atoms with van der Waals surface area (Å²) in [5.74, 6) is 0.566. The molecule has 1 aromatic rings. The second-order valence-electron chi connectivity index (χ2n) is 7.91. The minimum atomic E-state index is -0.161. The van der Waals surface area contributed by atoms with Crippen molar-refractivity contribution in [2.24, 2.45) is 11.8 Å². The van der Waals surface area contributed by atoms with Crippen LogP contribution >= 0.6 is 0 Å². The average Bonchev–Trinajstić information content (AvgIpc) is 2.82. The van der Waals surface area contributed by atoms with Crippen molar-refractivity contribution < 1.29 is 9.59 Å². The Morgan fingerprint density at radius 2 is 2.12 bits per heavy atom. The third kappa shape index (κ3) is 4.81. The molecule has 3 rings (SSSR count). The third-order valence-electron chi connectivity index (χ3n) is 5.18. The zero-order valence-electron chi connectivity index (χ0n) is 15.9. The van der Waals surface area contributed by atoms with E-state index in [2.05, 4.69) is 29.8 Å². The Kier molecular flexibility index (Phi) is 6.25. The second-order valence-corrected chi connectivity index (χ2v) is 7.91. The van der Waals surface area contributed by atoms with E-state index in [-0.39, 0.29) is 17.7 Å². The Bertz CT molecular complexity index is 619. The van der Waals surface area contributed by atoms with Gasteiger partial charge >= 0.3 is 0 Å². The summed E-state index contributed by atoms with van der Waals surface area (Å²) in [6.45, 7) is 9.82. The molecule has 1 aromatic heterocycles. The Morgan fingerprint density at radius 1 is 1.27 bits per heavy atom. The molecule has 0 spiro atoms. The SMILES string of the molecule is CC(C)CN1C[C@@H](C(=O)N2CCCN(Cc3cccnc3)CC2)CC1=O. The largest absolute Gasteiger partial charge is 0.342 e. The minimum Gasteiger partial charge on any atom is -0.342 e. The van der Waals surface area contributed by atoms with E-state index in [0.29, 0.717) is 18.9 Å². The molecule has 142 valence electrons. The van der Waals surface area contributed by atoms with Crippen molar-refractivity contribution in [2.45, 2.75) is 33.2 Å². The lowest BCUT2D eigenvalue weighted by Gasteiger charge is -2.25. The van der Waals surface area contributed by atoms with Crippen LogP contribution in [-0.4, -0.2) is 70.8 Å². The molecule has 0 aromatic carbocycles. The molecule has 0 saturated carbocycles. The number of carbonyl (C=O) groups is 2. The lowest BCUT2D eigenvalue weighted by Crippen LogP contribution is -2.40. The fourth-order valence-corrected chi connectivity index (χ4v) is 3.91. The van der Waals surface area contributed by atoms with Crippen molar-refractivity contribution in [3.63, 3.8) is 0 Å². The molecule has 6 nitrogen and oxygen atoms in total. The first kappa shape index (κ1) is 18.8. The van der Waals surface area contributed by atoms with Crippen molar-refractivity contribution >= 4 is 11.8 Å². The first-order chi connectivity index (χ1) is 12.5. The number of hydrogen-bond acceptors (Lipinski definition) is 4. The van der Waals surface area contributed by atoms with Gasteiger partial charge in [-0.2, -0.15) is 0 Å². The van der Waals surface area contributed by atoms with Gasteiger partial charge in [0.1, 0.15) is 0 Å². The van der Waals surface area contributed by atoms with Crippen molar-refractivity contribution in [1.82, 2.24) is 19.7 Å². The number of hydrogen-bond donors (Lipinski definition) is 0. The maximum atomic E-state index is 12.9. The van der Waals surface area contributed by atoms with E-state index in [0.717, 1.165) is 45.7 Å². The molecular weight excluding hydrogens is 328 g/mol. The quantitative estimate of drug-likeness (QED) is 0.803. The van der Waals surface area contributed by atoms with Crippen LogP contribution in [0, 0.1) is 11.8 Å². The summed E-state index contributed by atoms with van der Waals surface area (Å²) in [7, 11) is 0. The molecule has 2 aliphatic heterocycles. The highest BCUT2D eigenvalue weighted by Gasteiger charge is 2.36. The van der Waals surface area contributed by atoms with E-state index < -0.39 is 0 Å². The number of carbonyl (C=O) groups excluding carboxylic acids is 2. The summed E-state index contributed by atoms with van der Waals surface area (Å²) in [5, 5.41) is 0. The van der Waals surface area contributed by atoms with E-state index in [4.69, 9.17) is 0 Å². The summed E-state index contributed by atoms with van der Waals surface area (Å²) >= 11 is 0. The van der Waals surface area contributed by atoms with Gasteiger partial charge in [-0.15, -0.1) is 0 Å². The molecule has 0 aliphatic carbocycles. The molecule has 26 heavy (non-hydrogen) atoms. The summed E-state index contributed by atoms with van der Waals surface area (Å²) in [4.78, 5) is 35.5. The monoisotopic (exact) mass is 358 g/mol. The predicted octanol–water partition coefficient (Wildman–Crippen LogP) is 1.62. The summed E-state index contributed by atoms with van der Waals surface area (Å²) in [5.41, 5.74) is 1.21. The van der Waals surface area contributed by atoms with Crippen molar-refractivity contribution in [1.29, 1.82) is 0 Å². The van der Waals surface area contributed by atoms with Crippen molar-refractivity contribution in [2.75, 3.05) is 39.3 Å². The molecule has 1 atom stereocenters. The molecular formula is C20H30N4O2. The van der Waals surface area contributed by atoms with Gasteiger partial charge in [0.2, 0.25) is 11.8 Å². The number of aromatic nitrogens is 1. The van der Waals surface area contributed by atoms with Crippen LogP contribution in [0.3, 0.4) is 0 Å². The molecule has 0 unspecified atom stereocenters. The van der Waals surface area contributed by atoms with Crippen LogP contribution in [0.1, 0.15) is 32.3 Å². The van der Waals surface area contributed by atoms with Gasteiger partial charge in [0.25, 0.3) is 0 Å². The second kappa shape index (κ2) is 8.62. The Balaban J connectivity index is 1.52. The molecule has 2 amide bonds. The van der Waals surface area contributed by atoms with Gasteiger partial charge in [-0.3, -0.25) is 19.5 Å². The van der Waals surface area contributed by atoms with Gasteiger partial charge in [0.05, 0.1) is 5.92 Å². The zero-order valence-corrected chi connectivity index (χ0v) is 15.9. The van der Waals surface area contributed by atoms with E-state index in [9.17, 15) is 9.59 Å². The Hall–Kier alpha value is -1.95. The van der Waals surface area contributed by atoms with Gasteiger partial charge < -0.3 is 9.80 Å². The molecule has 0 N–H and O–H groups in total. The molecule has 2 fully saturated rings. The number of likely N-dealkylation sites (tertiary alicyclic amines) is 1. The van der Waals surface area contributed by atoms with Crippen molar-refractivity contribution in [3.8, 4) is 0 Å². The normalized spacial score (nSPS) is 22.1. The number of pyridine rings is 1. The summed E-state index contributed by atoms with van der Waals surface area (Å²) < 4.78 is 0. The smallest absolute Gasteiger partial charge is 0.228 e. The predicted molar refractivity (Wildman–Crippen MR) is 100 cm³/mol. The number of amides is 2. The Labute approximate surface area is 156 Å². The Morgan fingerprint density at radius 3 is 2.85 bits per heavy atom. The summed E-state index contributed by atoms with van der Waals surface area (Å²) in [6, 6.07) is 4.05. The van der Waals surface area contributed by atoms with Crippen LogP contribution in [-0.2, 0) is 16.1 Å². The number of nitrogens with zero attached hydrogens (tertiary/aromatic N) is 4. The highest BCUT2D eigenvalue weighted by molar-refractivity contribution is 5.89. The number of rotatable bonds is 5. The van der Waals surface area contributed by atoms with Gasteiger partial charge in [-0.25, -0.2) is 0 Å². The average molecular weight is 358 g/mol. The fourth-order valence-electron chi connectivity index (χ4n) is 3.91. The molecule has 0 bridgehead atoms. The molecule has 0 radical (unpaired) electrons. The standard InChI is InChI=1S/C20H30N4O2/c1-16(2)13-24-15-18(11-19(24)25)20(26)23-8-4-7-22(9-10-23)14-17-5-3-6-21-12-17/h3,5-6,12,16,18H,4,7-11,13-15H2,1-2H3/t18-/m0/s1.